The molecule has 0 aliphatic carbocycles. The van der Waals surface area contributed by atoms with Crippen LogP contribution in [0.15, 0.2) is 54.6 Å². The van der Waals surface area contributed by atoms with Gasteiger partial charge < -0.3 is 15.3 Å². The largest absolute Gasteiger partial charge is 0.465 e. The molecule has 2 aliphatic rings. The van der Waals surface area contributed by atoms with Crippen molar-refractivity contribution in [3.63, 3.8) is 0 Å². The first-order valence-electron chi connectivity index (χ1n) is 11.7. The van der Waals surface area contributed by atoms with Gasteiger partial charge in [0.25, 0.3) is 0 Å². The molecular formula is C27H24Cl3N3O3. The molecule has 36 heavy (non-hydrogen) atoms. The SMILES string of the molecule is O=C(O)N1CCCC(Cc2cc(-c3ccccc3Cl)c3c(c2)N(c2c(Cl)cccc2Cl)C(=O)NC3)C1. The van der Waals surface area contributed by atoms with E-state index in [-0.39, 0.29) is 11.9 Å². The monoisotopic (exact) mass is 543 g/mol. The molecule has 5 rings (SSSR count). The molecule has 9 heteroatoms. The van der Waals surface area contributed by atoms with Gasteiger partial charge in [-0.1, -0.05) is 65.1 Å². The van der Waals surface area contributed by atoms with Crippen LogP contribution >= 0.6 is 34.8 Å². The molecule has 6 nitrogen and oxygen atoms in total. The van der Waals surface area contributed by atoms with Crippen LogP contribution in [0.2, 0.25) is 15.1 Å². The summed E-state index contributed by atoms with van der Waals surface area (Å²) in [5, 5.41) is 13.7. The second-order valence-corrected chi connectivity index (χ2v) is 10.3. The smallest absolute Gasteiger partial charge is 0.407 e. The van der Waals surface area contributed by atoms with Crippen LogP contribution < -0.4 is 10.2 Å². The van der Waals surface area contributed by atoms with E-state index in [0.717, 1.165) is 35.1 Å². The van der Waals surface area contributed by atoms with Gasteiger partial charge in [-0.2, -0.15) is 0 Å². The normalized spacial score (nSPS) is 17.5. The number of nitrogens with zero attached hydrogens (tertiary/aromatic N) is 2. The fourth-order valence-corrected chi connectivity index (χ4v) is 5.96. The van der Waals surface area contributed by atoms with Crippen LogP contribution in [0, 0.1) is 5.92 Å². The van der Waals surface area contributed by atoms with Gasteiger partial charge in [-0.3, -0.25) is 4.90 Å². The zero-order valence-electron chi connectivity index (χ0n) is 19.3. The van der Waals surface area contributed by atoms with Gasteiger partial charge in [-0.05, 0) is 60.6 Å². The minimum Gasteiger partial charge on any atom is -0.465 e. The fraction of sp³-hybridized carbons (Fsp3) is 0.259. The number of halogens is 3. The van der Waals surface area contributed by atoms with Crippen LogP contribution in [0.3, 0.4) is 0 Å². The summed E-state index contributed by atoms with van der Waals surface area (Å²) in [5.74, 6) is 0.168. The number of carboxylic acid groups (broad SMARTS) is 1. The minimum absolute atomic E-state index is 0.168. The highest BCUT2D eigenvalue weighted by atomic mass is 35.5. The Morgan fingerprint density at radius 2 is 1.72 bits per heavy atom. The number of urea groups is 1. The summed E-state index contributed by atoms with van der Waals surface area (Å²) >= 11 is 19.7. The van der Waals surface area contributed by atoms with E-state index in [0.29, 0.717) is 52.5 Å². The number of hydrogen-bond acceptors (Lipinski definition) is 2. The van der Waals surface area contributed by atoms with Crippen LogP contribution in [-0.2, 0) is 13.0 Å². The molecule has 2 N–H and O–H groups in total. The van der Waals surface area contributed by atoms with Gasteiger partial charge in [0, 0.05) is 35.8 Å². The van der Waals surface area contributed by atoms with Gasteiger partial charge in [0.2, 0.25) is 0 Å². The molecule has 0 bridgehead atoms. The van der Waals surface area contributed by atoms with Crippen molar-refractivity contribution in [3.8, 4) is 11.1 Å². The van der Waals surface area contributed by atoms with Gasteiger partial charge in [-0.15, -0.1) is 0 Å². The molecular weight excluding hydrogens is 521 g/mol. The van der Waals surface area contributed by atoms with Crippen molar-refractivity contribution in [2.75, 3.05) is 18.0 Å². The molecule has 1 atom stereocenters. The Labute approximate surface area is 224 Å². The molecule has 1 unspecified atom stereocenters. The number of piperidine rings is 1. The molecule has 186 valence electrons. The fourth-order valence-electron chi connectivity index (χ4n) is 5.15. The Kier molecular flexibility index (Phi) is 7.02. The van der Waals surface area contributed by atoms with Crippen molar-refractivity contribution in [2.24, 2.45) is 5.92 Å². The minimum atomic E-state index is -0.891. The van der Waals surface area contributed by atoms with E-state index in [2.05, 4.69) is 11.4 Å². The number of likely N-dealkylation sites (tertiary alicyclic amines) is 1. The van der Waals surface area contributed by atoms with Crippen molar-refractivity contribution < 1.29 is 14.7 Å². The zero-order chi connectivity index (χ0) is 25.4. The zero-order valence-corrected chi connectivity index (χ0v) is 21.6. The van der Waals surface area contributed by atoms with Gasteiger partial charge in [0.15, 0.2) is 0 Å². The lowest BCUT2D eigenvalue weighted by Crippen LogP contribution is -2.42. The lowest BCUT2D eigenvalue weighted by molar-refractivity contribution is 0.120. The third-order valence-electron chi connectivity index (χ3n) is 6.79. The summed E-state index contributed by atoms with van der Waals surface area (Å²) in [7, 11) is 0. The van der Waals surface area contributed by atoms with Crippen LogP contribution in [0.4, 0.5) is 21.0 Å². The summed E-state index contributed by atoms with van der Waals surface area (Å²) < 4.78 is 0. The maximum atomic E-state index is 13.2. The predicted octanol–water partition coefficient (Wildman–Crippen LogP) is 7.61. The number of benzene rings is 3. The maximum absolute atomic E-state index is 13.2. The highest BCUT2D eigenvalue weighted by molar-refractivity contribution is 6.40. The predicted molar refractivity (Wildman–Crippen MR) is 144 cm³/mol. The lowest BCUT2D eigenvalue weighted by atomic mass is 9.87. The Hall–Kier alpha value is -2.93. The first kappa shape index (κ1) is 24.8. The highest BCUT2D eigenvalue weighted by Crippen LogP contribution is 2.45. The van der Waals surface area contributed by atoms with E-state index in [1.807, 2.05) is 30.3 Å². The van der Waals surface area contributed by atoms with E-state index in [9.17, 15) is 14.7 Å². The number of para-hydroxylation sites is 1. The van der Waals surface area contributed by atoms with E-state index in [4.69, 9.17) is 34.8 Å². The molecule has 0 radical (unpaired) electrons. The molecule has 0 spiro atoms. The highest BCUT2D eigenvalue weighted by Gasteiger charge is 2.32. The van der Waals surface area contributed by atoms with Gasteiger partial charge in [0.1, 0.15) is 0 Å². The molecule has 0 saturated carbocycles. The summed E-state index contributed by atoms with van der Waals surface area (Å²) in [6.45, 7) is 1.36. The Morgan fingerprint density at radius 3 is 2.44 bits per heavy atom. The quantitative estimate of drug-likeness (QED) is 0.355. The average Bonchev–Trinajstić information content (AvgIpc) is 2.85. The summed E-state index contributed by atoms with van der Waals surface area (Å²) in [4.78, 5) is 27.8. The van der Waals surface area contributed by atoms with Crippen LogP contribution in [0.1, 0.15) is 24.0 Å². The first-order valence-corrected chi connectivity index (χ1v) is 12.9. The second kappa shape index (κ2) is 10.2. The van der Waals surface area contributed by atoms with Crippen LogP contribution in [0.25, 0.3) is 11.1 Å². The molecule has 2 heterocycles. The number of amides is 3. The van der Waals surface area contributed by atoms with Crippen molar-refractivity contribution in [2.45, 2.75) is 25.8 Å². The maximum Gasteiger partial charge on any atom is 0.407 e. The number of carbonyl (C=O) groups excluding carboxylic acids is 1. The average molecular weight is 545 g/mol. The van der Waals surface area contributed by atoms with E-state index in [1.54, 1.807) is 18.2 Å². The molecule has 3 aromatic carbocycles. The topological polar surface area (TPSA) is 72.9 Å². The standard InChI is InChI=1S/C27H24Cl3N3O3/c28-21-7-2-1-6-18(21)19-12-17(11-16-5-4-10-32(15-16)27(35)36)13-24-20(19)14-31-26(34)33(24)25-22(29)8-3-9-23(25)30/h1-3,6-9,12-13,16H,4-5,10-11,14-15H2,(H,31,34)(H,35,36). The van der Waals surface area contributed by atoms with Crippen LogP contribution in [-0.4, -0.2) is 35.2 Å². The number of hydrogen-bond donors (Lipinski definition) is 2. The van der Waals surface area contributed by atoms with Gasteiger partial charge >= 0.3 is 12.1 Å². The number of rotatable bonds is 4. The molecule has 0 aromatic heterocycles. The van der Waals surface area contributed by atoms with Crippen molar-refractivity contribution in [1.82, 2.24) is 10.2 Å². The van der Waals surface area contributed by atoms with Crippen molar-refractivity contribution >= 4 is 58.3 Å². The van der Waals surface area contributed by atoms with E-state index >= 15 is 0 Å². The van der Waals surface area contributed by atoms with Crippen molar-refractivity contribution in [3.05, 3.63) is 80.8 Å². The second-order valence-electron chi connectivity index (χ2n) is 9.13. The number of anilines is 2. The number of nitrogens with one attached hydrogen (secondary N) is 1. The Bertz CT molecular complexity index is 1330. The Balaban J connectivity index is 1.66. The first-order chi connectivity index (χ1) is 17.3. The van der Waals surface area contributed by atoms with Gasteiger partial charge in [0.05, 0.1) is 21.4 Å². The number of fused-ring (bicyclic) bond motifs is 1. The number of carbonyl (C=O) groups is 2. The van der Waals surface area contributed by atoms with E-state index in [1.165, 1.54) is 9.80 Å². The molecule has 1 saturated heterocycles. The molecule has 3 aromatic rings. The molecule has 2 aliphatic heterocycles. The van der Waals surface area contributed by atoms with Gasteiger partial charge in [-0.25, -0.2) is 9.59 Å². The molecule has 3 amide bonds. The summed E-state index contributed by atoms with van der Waals surface area (Å²) in [6, 6.07) is 16.5. The third kappa shape index (κ3) is 4.73. The van der Waals surface area contributed by atoms with Crippen molar-refractivity contribution in [1.29, 1.82) is 0 Å². The third-order valence-corrected chi connectivity index (χ3v) is 7.73. The summed E-state index contributed by atoms with van der Waals surface area (Å²) in [5.41, 5.74) is 4.76. The lowest BCUT2D eigenvalue weighted by Gasteiger charge is -2.34. The Morgan fingerprint density at radius 1 is 1.00 bits per heavy atom. The molecule has 1 fully saturated rings. The summed E-state index contributed by atoms with van der Waals surface area (Å²) in [6.07, 6.45) is 1.53. The van der Waals surface area contributed by atoms with E-state index < -0.39 is 6.09 Å². The van der Waals surface area contributed by atoms with Crippen LogP contribution in [0.5, 0.6) is 0 Å².